The van der Waals surface area contributed by atoms with Crippen molar-refractivity contribution in [3.05, 3.63) is 89.5 Å². The molecule has 0 bridgehead atoms. The SMILES string of the molecule is COc1ccc(CCNC(=O)COC(=O)c2ccc(COc3ccccc3)cc2)cc1OC. The Morgan fingerprint density at radius 2 is 1.52 bits per heavy atom. The molecule has 0 saturated heterocycles. The number of hydrogen-bond donors (Lipinski definition) is 1. The maximum atomic E-state index is 12.2. The molecule has 0 aliphatic carbocycles. The first-order valence-corrected chi connectivity index (χ1v) is 10.5. The average Bonchev–Trinajstić information content (AvgIpc) is 2.86. The fourth-order valence-electron chi connectivity index (χ4n) is 3.07. The lowest BCUT2D eigenvalue weighted by Crippen LogP contribution is -2.30. The van der Waals surface area contributed by atoms with Gasteiger partial charge in [0.1, 0.15) is 12.4 Å². The van der Waals surface area contributed by atoms with Gasteiger partial charge in [0.2, 0.25) is 0 Å². The van der Waals surface area contributed by atoms with Crippen LogP contribution in [0.5, 0.6) is 17.2 Å². The summed E-state index contributed by atoms with van der Waals surface area (Å²) in [6.45, 7) is 0.452. The summed E-state index contributed by atoms with van der Waals surface area (Å²) >= 11 is 0. The van der Waals surface area contributed by atoms with Crippen molar-refractivity contribution in [3.8, 4) is 17.2 Å². The minimum absolute atomic E-state index is 0.344. The van der Waals surface area contributed by atoms with Crippen molar-refractivity contribution in [1.82, 2.24) is 5.32 Å². The molecule has 3 rings (SSSR count). The van der Waals surface area contributed by atoms with E-state index in [9.17, 15) is 9.59 Å². The number of rotatable bonds is 11. The molecule has 0 heterocycles. The molecule has 0 spiro atoms. The van der Waals surface area contributed by atoms with Crippen LogP contribution in [-0.2, 0) is 22.6 Å². The van der Waals surface area contributed by atoms with Crippen molar-refractivity contribution in [3.63, 3.8) is 0 Å². The van der Waals surface area contributed by atoms with Crippen LogP contribution in [0, 0.1) is 0 Å². The zero-order valence-electron chi connectivity index (χ0n) is 18.7. The smallest absolute Gasteiger partial charge is 0.338 e. The Balaban J connectivity index is 1.38. The van der Waals surface area contributed by atoms with Crippen LogP contribution in [0.25, 0.3) is 0 Å². The number of ether oxygens (including phenoxy) is 4. The summed E-state index contributed by atoms with van der Waals surface area (Å²) in [6, 6.07) is 22.0. The van der Waals surface area contributed by atoms with Gasteiger partial charge < -0.3 is 24.3 Å². The number of benzene rings is 3. The Morgan fingerprint density at radius 3 is 2.21 bits per heavy atom. The second-order valence-corrected chi connectivity index (χ2v) is 7.16. The summed E-state index contributed by atoms with van der Waals surface area (Å²) in [5.74, 6) is 1.14. The van der Waals surface area contributed by atoms with Crippen molar-refractivity contribution in [1.29, 1.82) is 0 Å². The molecule has 1 amide bonds. The van der Waals surface area contributed by atoms with Crippen LogP contribution in [0.2, 0.25) is 0 Å². The number of para-hydroxylation sites is 1. The predicted octanol–water partition coefficient (Wildman–Crippen LogP) is 3.80. The van der Waals surface area contributed by atoms with Crippen LogP contribution in [0.3, 0.4) is 0 Å². The van der Waals surface area contributed by atoms with E-state index in [0.29, 0.717) is 36.6 Å². The molecule has 0 saturated carbocycles. The van der Waals surface area contributed by atoms with E-state index in [2.05, 4.69) is 5.32 Å². The quantitative estimate of drug-likeness (QED) is 0.449. The molecule has 7 heteroatoms. The molecule has 3 aromatic carbocycles. The van der Waals surface area contributed by atoms with E-state index in [4.69, 9.17) is 18.9 Å². The summed E-state index contributed by atoms with van der Waals surface area (Å²) in [5, 5.41) is 2.74. The van der Waals surface area contributed by atoms with E-state index < -0.39 is 5.97 Å². The van der Waals surface area contributed by atoms with Gasteiger partial charge in [-0.2, -0.15) is 0 Å². The van der Waals surface area contributed by atoms with E-state index in [-0.39, 0.29) is 12.5 Å². The first-order valence-electron chi connectivity index (χ1n) is 10.5. The molecule has 0 aliphatic rings. The van der Waals surface area contributed by atoms with Gasteiger partial charge in [-0.15, -0.1) is 0 Å². The Labute approximate surface area is 193 Å². The molecule has 7 nitrogen and oxygen atoms in total. The lowest BCUT2D eigenvalue weighted by Gasteiger charge is -2.10. The van der Waals surface area contributed by atoms with E-state index in [1.807, 2.05) is 48.5 Å². The first-order chi connectivity index (χ1) is 16.1. The Kier molecular flexibility index (Phi) is 8.71. The monoisotopic (exact) mass is 449 g/mol. The van der Waals surface area contributed by atoms with Crippen LogP contribution in [0.15, 0.2) is 72.8 Å². The number of methoxy groups -OCH3 is 2. The van der Waals surface area contributed by atoms with Gasteiger partial charge in [0.15, 0.2) is 18.1 Å². The van der Waals surface area contributed by atoms with Gasteiger partial charge >= 0.3 is 5.97 Å². The zero-order chi connectivity index (χ0) is 23.5. The fourth-order valence-corrected chi connectivity index (χ4v) is 3.07. The highest BCUT2D eigenvalue weighted by atomic mass is 16.5. The third-order valence-electron chi connectivity index (χ3n) is 4.86. The number of nitrogens with one attached hydrogen (secondary N) is 1. The Hall–Kier alpha value is -4.00. The lowest BCUT2D eigenvalue weighted by atomic mass is 10.1. The minimum Gasteiger partial charge on any atom is -0.493 e. The summed E-state index contributed by atoms with van der Waals surface area (Å²) in [6.07, 6.45) is 0.604. The molecule has 33 heavy (non-hydrogen) atoms. The number of carbonyl (C=O) groups is 2. The summed E-state index contributed by atoms with van der Waals surface area (Å²) < 4.78 is 21.3. The summed E-state index contributed by atoms with van der Waals surface area (Å²) in [7, 11) is 3.15. The van der Waals surface area contributed by atoms with Gasteiger partial charge in [0, 0.05) is 6.54 Å². The van der Waals surface area contributed by atoms with Crippen LogP contribution < -0.4 is 19.5 Å². The molecule has 0 aromatic heterocycles. The van der Waals surface area contributed by atoms with E-state index in [1.54, 1.807) is 38.5 Å². The molecular formula is C26H27NO6. The summed E-state index contributed by atoms with van der Waals surface area (Å²) in [5.41, 5.74) is 2.28. The topological polar surface area (TPSA) is 83.1 Å². The number of hydrogen-bond acceptors (Lipinski definition) is 6. The summed E-state index contributed by atoms with van der Waals surface area (Å²) in [4.78, 5) is 24.2. The third kappa shape index (κ3) is 7.28. The molecule has 3 aromatic rings. The standard InChI is InChI=1S/C26H27NO6/c1-30-23-13-10-19(16-24(23)31-2)14-15-27-25(28)18-33-26(29)21-11-8-20(9-12-21)17-32-22-6-4-3-5-7-22/h3-13,16H,14-15,17-18H2,1-2H3,(H,27,28). The molecule has 0 fully saturated rings. The fraction of sp³-hybridized carbons (Fsp3) is 0.231. The molecular weight excluding hydrogens is 422 g/mol. The number of carbonyl (C=O) groups excluding carboxylic acids is 2. The largest absolute Gasteiger partial charge is 0.493 e. The van der Waals surface area contributed by atoms with Gasteiger partial charge in [-0.05, 0) is 53.9 Å². The highest BCUT2D eigenvalue weighted by Crippen LogP contribution is 2.27. The Morgan fingerprint density at radius 1 is 0.818 bits per heavy atom. The van der Waals surface area contributed by atoms with Gasteiger partial charge in [-0.1, -0.05) is 36.4 Å². The van der Waals surface area contributed by atoms with Crippen molar-refractivity contribution in [2.45, 2.75) is 13.0 Å². The van der Waals surface area contributed by atoms with Crippen LogP contribution in [0.1, 0.15) is 21.5 Å². The second kappa shape index (κ2) is 12.1. The van der Waals surface area contributed by atoms with Gasteiger partial charge in [-0.3, -0.25) is 4.79 Å². The highest BCUT2D eigenvalue weighted by molar-refractivity contribution is 5.91. The average molecular weight is 450 g/mol. The lowest BCUT2D eigenvalue weighted by molar-refractivity contribution is -0.124. The van der Waals surface area contributed by atoms with Crippen molar-refractivity contribution >= 4 is 11.9 Å². The second-order valence-electron chi connectivity index (χ2n) is 7.16. The highest BCUT2D eigenvalue weighted by Gasteiger charge is 2.11. The molecule has 0 radical (unpaired) electrons. The van der Waals surface area contributed by atoms with Crippen LogP contribution >= 0.6 is 0 Å². The zero-order valence-corrected chi connectivity index (χ0v) is 18.7. The van der Waals surface area contributed by atoms with Gasteiger partial charge in [0.05, 0.1) is 19.8 Å². The molecule has 172 valence electrons. The number of amides is 1. The predicted molar refractivity (Wildman–Crippen MR) is 124 cm³/mol. The van der Waals surface area contributed by atoms with Crippen molar-refractivity contribution in [2.24, 2.45) is 0 Å². The number of esters is 1. The van der Waals surface area contributed by atoms with Crippen molar-refractivity contribution in [2.75, 3.05) is 27.4 Å². The minimum atomic E-state index is -0.555. The molecule has 0 unspecified atom stereocenters. The van der Waals surface area contributed by atoms with E-state index in [0.717, 1.165) is 16.9 Å². The van der Waals surface area contributed by atoms with Crippen LogP contribution in [-0.4, -0.2) is 39.2 Å². The van der Waals surface area contributed by atoms with E-state index in [1.165, 1.54) is 0 Å². The first kappa shape index (κ1) is 23.7. The Bertz CT molecular complexity index is 1050. The normalized spacial score (nSPS) is 10.2. The van der Waals surface area contributed by atoms with Crippen molar-refractivity contribution < 1.29 is 28.5 Å². The van der Waals surface area contributed by atoms with Crippen LogP contribution in [0.4, 0.5) is 0 Å². The van der Waals surface area contributed by atoms with E-state index >= 15 is 0 Å². The molecule has 0 atom stereocenters. The van der Waals surface area contributed by atoms with Gasteiger partial charge in [-0.25, -0.2) is 4.79 Å². The molecule has 0 aliphatic heterocycles. The van der Waals surface area contributed by atoms with Gasteiger partial charge in [0.25, 0.3) is 5.91 Å². The third-order valence-corrected chi connectivity index (χ3v) is 4.86. The maximum Gasteiger partial charge on any atom is 0.338 e. The maximum absolute atomic E-state index is 12.2. The molecule has 1 N–H and O–H groups in total.